The van der Waals surface area contributed by atoms with Crippen LogP contribution in [0.5, 0.6) is 5.75 Å². The molecule has 31 heavy (non-hydrogen) atoms. The minimum Gasteiger partial charge on any atom is -0.492 e. The maximum absolute atomic E-state index is 13.2. The summed E-state index contributed by atoms with van der Waals surface area (Å²) >= 11 is 3.40. The quantitative estimate of drug-likeness (QED) is 0.629. The predicted molar refractivity (Wildman–Crippen MR) is 123 cm³/mol. The number of carbonyl (C=O) groups excluding carboxylic acids is 2. The van der Waals surface area contributed by atoms with Gasteiger partial charge in [0, 0.05) is 49.3 Å². The molecule has 0 spiro atoms. The van der Waals surface area contributed by atoms with Crippen molar-refractivity contribution in [3.8, 4) is 5.75 Å². The second kappa shape index (κ2) is 10.3. The molecule has 1 atom stereocenters. The van der Waals surface area contributed by atoms with Crippen molar-refractivity contribution >= 4 is 27.7 Å². The number of hydrogen-bond acceptors (Lipinski definition) is 4. The minimum absolute atomic E-state index is 0.0555. The standard InChI is InChI=1S/C24H28BrN3O3/c25-20-10-8-19(9-11-20)23(29)28-12-4-7-22(28)24(30)27-15-13-26(14-16-27)17-18-31-21-5-2-1-3-6-21/h1-3,5-6,8-11,22H,4,7,12-18H2. The van der Waals surface area contributed by atoms with Gasteiger partial charge in [-0.15, -0.1) is 0 Å². The normalized spacial score (nSPS) is 19.5. The van der Waals surface area contributed by atoms with Crippen molar-refractivity contribution in [1.82, 2.24) is 14.7 Å². The lowest BCUT2D eigenvalue weighted by Crippen LogP contribution is -2.54. The SMILES string of the molecule is O=C(C1CCCN1C(=O)c1ccc(Br)cc1)N1CCN(CCOc2ccccc2)CC1. The molecule has 0 bridgehead atoms. The maximum atomic E-state index is 13.2. The molecule has 2 saturated heterocycles. The van der Waals surface area contributed by atoms with Crippen molar-refractivity contribution in [3.63, 3.8) is 0 Å². The summed E-state index contributed by atoms with van der Waals surface area (Å²) in [4.78, 5) is 32.2. The molecule has 7 heteroatoms. The van der Waals surface area contributed by atoms with Crippen LogP contribution in [0.1, 0.15) is 23.2 Å². The molecule has 0 saturated carbocycles. The Hall–Kier alpha value is -2.38. The van der Waals surface area contributed by atoms with Gasteiger partial charge in [0.2, 0.25) is 5.91 Å². The molecule has 164 valence electrons. The first-order valence-corrected chi connectivity index (χ1v) is 11.7. The second-order valence-electron chi connectivity index (χ2n) is 7.99. The Labute approximate surface area is 191 Å². The summed E-state index contributed by atoms with van der Waals surface area (Å²) < 4.78 is 6.72. The van der Waals surface area contributed by atoms with Crippen LogP contribution in [0.4, 0.5) is 0 Å². The third kappa shape index (κ3) is 5.46. The summed E-state index contributed by atoms with van der Waals surface area (Å²) in [6.45, 7) is 5.17. The molecule has 6 nitrogen and oxygen atoms in total. The fourth-order valence-electron chi connectivity index (χ4n) is 4.24. The lowest BCUT2D eigenvalue weighted by atomic mass is 10.1. The molecular weight excluding hydrogens is 458 g/mol. The third-order valence-electron chi connectivity index (χ3n) is 5.99. The van der Waals surface area contributed by atoms with Crippen LogP contribution in [0, 0.1) is 0 Å². The van der Waals surface area contributed by atoms with Crippen molar-refractivity contribution in [1.29, 1.82) is 0 Å². The summed E-state index contributed by atoms with van der Waals surface area (Å²) in [5, 5.41) is 0. The summed E-state index contributed by atoms with van der Waals surface area (Å²) in [6.07, 6.45) is 1.61. The highest BCUT2D eigenvalue weighted by molar-refractivity contribution is 9.10. The van der Waals surface area contributed by atoms with Gasteiger partial charge in [-0.1, -0.05) is 34.1 Å². The lowest BCUT2D eigenvalue weighted by Gasteiger charge is -2.37. The molecule has 2 fully saturated rings. The first kappa shape index (κ1) is 21.8. The van der Waals surface area contributed by atoms with Gasteiger partial charge >= 0.3 is 0 Å². The van der Waals surface area contributed by atoms with Crippen molar-refractivity contribution in [2.45, 2.75) is 18.9 Å². The van der Waals surface area contributed by atoms with E-state index < -0.39 is 0 Å². The predicted octanol–water partition coefficient (Wildman–Crippen LogP) is 3.28. The van der Waals surface area contributed by atoms with E-state index in [2.05, 4.69) is 20.8 Å². The van der Waals surface area contributed by atoms with E-state index in [-0.39, 0.29) is 17.9 Å². The smallest absolute Gasteiger partial charge is 0.254 e. The van der Waals surface area contributed by atoms with E-state index in [9.17, 15) is 9.59 Å². The fraction of sp³-hybridized carbons (Fsp3) is 0.417. The average Bonchev–Trinajstić information content (AvgIpc) is 3.30. The molecule has 2 aliphatic rings. The molecule has 0 aromatic heterocycles. The van der Waals surface area contributed by atoms with Crippen LogP contribution >= 0.6 is 15.9 Å². The number of para-hydroxylation sites is 1. The van der Waals surface area contributed by atoms with Crippen LogP contribution in [0.2, 0.25) is 0 Å². The van der Waals surface area contributed by atoms with Gasteiger partial charge in [0.15, 0.2) is 0 Å². The Morgan fingerprint density at radius 2 is 1.65 bits per heavy atom. The van der Waals surface area contributed by atoms with Gasteiger partial charge in [-0.25, -0.2) is 0 Å². The number of carbonyl (C=O) groups is 2. The summed E-state index contributed by atoms with van der Waals surface area (Å²) in [5.74, 6) is 0.913. The molecule has 0 N–H and O–H groups in total. The van der Waals surface area contributed by atoms with E-state index in [1.54, 1.807) is 4.90 Å². The van der Waals surface area contributed by atoms with E-state index in [4.69, 9.17) is 4.74 Å². The molecule has 2 aliphatic heterocycles. The highest BCUT2D eigenvalue weighted by Gasteiger charge is 2.37. The van der Waals surface area contributed by atoms with Crippen molar-refractivity contribution in [2.24, 2.45) is 0 Å². The first-order valence-electron chi connectivity index (χ1n) is 10.9. The van der Waals surface area contributed by atoms with Gasteiger partial charge in [-0.05, 0) is 49.2 Å². The zero-order chi connectivity index (χ0) is 21.6. The topological polar surface area (TPSA) is 53.1 Å². The maximum Gasteiger partial charge on any atom is 0.254 e. The molecule has 2 aromatic carbocycles. The van der Waals surface area contributed by atoms with Gasteiger partial charge < -0.3 is 14.5 Å². The Bertz CT molecular complexity index is 883. The van der Waals surface area contributed by atoms with Crippen LogP contribution < -0.4 is 4.74 Å². The number of amides is 2. The van der Waals surface area contributed by atoms with Gasteiger partial charge in [0.05, 0.1) is 0 Å². The van der Waals surface area contributed by atoms with E-state index >= 15 is 0 Å². The average molecular weight is 486 g/mol. The van der Waals surface area contributed by atoms with Crippen molar-refractivity contribution in [3.05, 3.63) is 64.6 Å². The van der Waals surface area contributed by atoms with Crippen LogP contribution in [-0.2, 0) is 4.79 Å². The molecule has 0 aliphatic carbocycles. The van der Waals surface area contributed by atoms with Crippen molar-refractivity contribution < 1.29 is 14.3 Å². The number of halogens is 1. The van der Waals surface area contributed by atoms with E-state index in [1.807, 2.05) is 59.5 Å². The molecule has 4 rings (SSSR count). The zero-order valence-electron chi connectivity index (χ0n) is 17.6. The Balaban J connectivity index is 1.26. The van der Waals surface area contributed by atoms with Crippen LogP contribution in [0.25, 0.3) is 0 Å². The van der Waals surface area contributed by atoms with Gasteiger partial charge in [0.25, 0.3) is 5.91 Å². The zero-order valence-corrected chi connectivity index (χ0v) is 19.2. The summed E-state index contributed by atoms with van der Waals surface area (Å²) in [7, 11) is 0. The van der Waals surface area contributed by atoms with Gasteiger partial charge in [-0.2, -0.15) is 0 Å². The van der Waals surface area contributed by atoms with E-state index in [1.165, 1.54) is 0 Å². The lowest BCUT2D eigenvalue weighted by molar-refractivity contribution is -0.137. The number of piperazine rings is 1. The van der Waals surface area contributed by atoms with Gasteiger partial charge in [0.1, 0.15) is 18.4 Å². The van der Waals surface area contributed by atoms with E-state index in [0.29, 0.717) is 31.8 Å². The number of rotatable bonds is 6. The Kier molecular flexibility index (Phi) is 7.25. The van der Waals surface area contributed by atoms with Crippen LogP contribution in [-0.4, -0.2) is 78.4 Å². The second-order valence-corrected chi connectivity index (χ2v) is 8.91. The number of hydrogen-bond donors (Lipinski definition) is 0. The molecule has 2 heterocycles. The molecule has 2 aromatic rings. The van der Waals surface area contributed by atoms with Crippen molar-refractivity contribution in [2.75, 3.05) is 45.9 Å². The third-order valence-corrected chi connectivity index (χ3v) is 6.52. The first-order chi connectivity index (χ1) is 15.1. The number of nitrogens with zero attached hydrogens (tertiary/aromatic N) is 3. The largest absolute Gasteiger partial charge is 0.492 e. The summed E-state index contributed by atoms with van der Waals surface area (Å²) in [6, 6.07) is 16.8. The molecule has 1 unspecified atom stereocenters. The number of ether oxygens (including phenoxy) is 1. The molecule has 2 amide bonds. The monoisotopic (exact) mass is 485 g/mol. The van der Waals surface area contributed by atoms with Gasteiger partial charge in [-0.3, -0.25) is 14.5 Å². The Morgan fingerprint density at radius 1 is 0.935 bits per heavy atom. The summed E-state index contributed by atoms with van der Waals surface area (Å²) in [5.41, 5.74) is 0.631. The Morgan fingerprint density at radius 3 is 2.35 bits per heavy atom. The highest BCUT2D eigenvalue weighted by atomic mass is 79.9. The van der Waals surface area contributed by atoms with E-state index in [0.717, 1.165) is 42.7 Å². The number of benzene rings is 2. The van der Waals surface area contributed by atoms with Crippen LogP contribution in [0.15, 0.2) is 59.1 Å². The fourth-order valence-corrected chi connectivity index (χ4v) is 4.50. The highest BCUT2D eigenvalue weighted by Crippen LogP contribution is 2.23. The molecule has 0 radical (unpaired) electrons. The number of likely N-dealkylation sites (tertiary alicyclic amines) is 1. The minimum atomic E-state index is -0.343. The molecular formula is C24H28BrN3O3. The van der Waals surface area contributed by atoms with Crippen LogP contribution in [0.3, 0.4) is 0 Å².